The number of rotatable bonds is 5. The molecule has 3 rings (SSSR count). The molecule has 1 aliphatic carbocycles. The maximum absolute atomic E-state index is 12.5. The predicted octanol–water partition coefficient (Wildman–Crippen LogP) is 3.84. The molecule has 5 nitrogen and oxygen atoms in total. The molecule has 0 bridgehead atoms. The molecule has 2 heterocycles. The van der Waals surface area contributed by atoms with Crippen LogP contribution in [0, 0.1) is 0 Å². The van der Waals surface area contributed by atoms with Crippen molar-refractivity contribution in [1.82, 2.24) is 4.98 Å². The third-order valence-corrected chi connectivity index (χ3v) is 5.19. The fourth-order valence-corrected chi connectivity index (χ4v) is 4.09. The zero-order valence-corrected chi connectivity index (χ0v) is 14.4. The highest BCUT2D eigenvalue weighted by atomic mass is 32.1. The summed E-state index contributed by atoms with van der Waals surface area (Å²) < 4.78 is 5.34. The number of carbonyl (C=O) groups excluding carboxylic acids is 2. The van der Waals surface area contributed by atoms with Crippen molar-refractivity contribution < 1.29 is 14.3 Å². The number of ether oxygens (including phenoxy) is 1. The van der Waals surface area contributed by atoms with Gasteiger partial charge in [0.05, 0.1) is 12.2 Å². The van der Waals surface area contributed by atoms with Gasteiger partial charge in [0.2, 0.25) is 0 Å². The number of hydrogen-bond donors (Lipinski definition) is 1. The molecule has 0 fully saturated rings. The number of aryl methyl sites for hydroxylation is 1. The molecule has 0 spiro atoms. The molecule has 0 saturated heterocycles. The summed E-state index contributed by atoms with van der Waals surface area (Å²) in [6.45, 7) is 2.35. The van der Waals surface area contributed by atoms with Gasteiger partial charge in [-0.05, 0) is 49.8 Å². The molecule has 126 valence electrons. The lowest BCUT2D eigenvalue weighted by molar-refractivity contribution is 0.0505. The third-order valence-electron chi connectivity index (χ3n) is 3.98. The van der Waals surface area contributed by atoms with Gasteiger partial charge >= 0.3 is 5.97 Å². The Hall–Kier alpha value is -2.21. The minimum absolute atomic E-state index is 0.236. The molecule has 0 saturated carbocycles. The maximum atomic E-state index is 12.5. The minimum atomic E-state index is -0.332. The average molecular weight is 344 g/mol. The van der Waals surface area contributed by atoms with E-state index in [0.29, 0.717) is 22.7 Å². The van der Waals surface area contributed by atoms with Crippen LogP contribution >= 0.6 is 11.3 Å². The van der Waals surface area contributed by atoms with Crippen LogP contribution in [-0.2, 0) is 17.6 Å². The fraction of sp³-hybridized carbons (Fsp3) is 0.389. The quantitative estimate of drug-likeness (QED) is 0.837. The normalized spacial score (nSPS) is 13.2. The molecule has 0 atom stereocenters. The molecule has 1 N–H and O–H groups in total. The van der Waals surface area contributed by atoms with Gasteiger partial charge in [0, 0.05) is 22.8 Å². The summed E-state index contributed by atoms with van der Waals surface area (Å²) in [7, 11) is 0. The van der Waals surface area contributed by atoms with Gasteiger partial charge in [0.25, 0.3) is 5.91 Å². The topological polar surface area (TPSA) is 68.3 Å². The highest BCUT2D eigenvalue weighted by molar-refractivity contribution is 7.17. The van der Waals surface area contributed by atoms with Crippen LogP contribution in [-0.4, -0.2) is 23.5 Å². The minimum Gasteiger partial charge on any atom is -0.462 e. The monoisotopic (exact) mass is 344 g/mol. The van der Waals surface area contributed by atoms with E-state index in [1.54, 1.807) is 24.5 Å². The molecule has 1 aliphatic rings. The zero-order valence-electron chi connectivity index (χ0n) is 13.6. The number of aromatic nitrogens is 1. The van der Waals surface area contributed by atoms with Crippen LogP contribution in [0.15, 0.2) is 24.5 Å². The number of nitrogens with zero attached hydrogens (tertiary/aromatic N) is 1. The second-order valence-corrected chi connectivity index (χ2v) is 6.85. The molecule has 0 aliphatic heterocycles. The van der Waals surface area contributed by atoms with E-state index in [4.69, 9.17) is 4.74 Å². The van der Waals surface area contributed by atoms with Crippen molar-refractivity contribution in [3.05, 3.63) is 46.1 Å². The van der Waals surface area contributed by atoms with Crippen molar-refractivity contribution in [2.75, 3.05) is 11.9 Å². The van der Waals surface area contributed by atoms with Gasteiger partial charge in [-0.3, -0.25) is 9.78 Å². The number of pyridine rings is 1. The number of carbonyl (C=O) groups is 2. The molecule has 0 aromatic carbocycles. The Balaban J connectivity index is 1.90. The van der Waals surface area contributed by atoms with E-state index in [9.17, 15) is 9.59 Å². The van der Waals surface area contributed by atoms with Gasteiger partial charge in [0.1, 0.15) is 5.00 Å². The van der Waals surface area contributed by atoms with Crippen LogP contribution in [0.4, 0.5) is 5.00 Å². The van der Waals surface area contributed by atoms with E-state index < -0.39 is 0 Å². The number of anilines is 1. The van der Waals surface area contributed by atoms with Crippen molar-refractivity contribution in [2.45, 2.75) is 39.0 Å². The Kier molecular flexibility index (Phi) is 5.25. The van der Waals surface area contributed by atoms with E-state index in [2.05, 4.69) is 10.3 Å². The van der Waals surface area contributed by atoms with Crippen LogP contribution in [0.5, 0.6) is 0 Å². The van der Waals surface area contributed by atoms with Crippen molar-refractivity contribution in [3.8, 4) is 0 Å². The summed E-state index contributed by atoms with van der Waals surface area (Å²) in [5.74, 6) is -0.568. The van der Waals surface area contributed by atoms with Crippen LogP contribution in [0.1, 0.15) is 57.3 Å². The number of nitrogens with one attached hydrogen (secondary N) is 1. The lowest BCUT2D eigenvalue weighted by Gasteiger charge is -2.12. The van der Waals surface area contributed by atoms with Crippen LogP contribution < -0.4 is 5.32 Å². The van der Waals surface area contributed by atoms with E-state index in [-0.39, 0.29) is 11.9 Å². The van der Waals surface area contributed by atoms with E-state index in [1.807, 2.05) is 6.92 Å². The van der Waals surface area contributed by atoms with Crippen LogP contribution in [0.3, 0.4) is 0 Å². The lowest BCUT2D eigenvalue weighted by Crippen LogP contribution is -2.16. The number of amides is 1. The van der Waals surface area contributed by atoms with Crippen LogP contribution in [0.25, 0.3) is 0 Å². The molecular formula is C18H20N2O3S. The third kappa shape index (κ3) is 3.48. The first kappa shape index (κ1) is 16.6. The SMILES string of the molecule is CCCOC(=O)c1c(NC(=O)c2ccncc2)sc2c1CCCC2. The highest BCUT2D eigenvalue weighted by Crippen LogP contribution is 2.38. The summed E-state index contributed by atoms with van der Waals surface area (Å²) >= 11 is 1.50. The zero-order chi connectivity index (χ0) is 16.9. The smallest absolute Gasteiger partial charge is 0.341 e. The second-order valence-electron chi connectivity index (χ2n) is 5.74. The second kappa shape index (κ2) is 7.57. The van der Waals surface area contributed by atoms with Gasteiger partial charge < -0.3 is 10.1 Å². The molecule has 2 aromatic rings. The molecule has 6 heteroatoms. The summed E-state index contributed by atoms with van der Waals surface area (Å²) in [5, 5.41) is 3.49. The standard InChI is InChI=1S/C18H20N2O3S/c1-2-11-23-18(22)15-13-5-3-4-6-14(13)24-17(15)20-16(21)12-7-9-19-10-8-12/h7-10H,2-6,11H2,1H3,(H,20,21). The molecule has 0 unspecified atom stereocenters. The first-order valence-corrected chi connectivity index (χ1v) is 9.05. The molecule has 2 aromatic heterocycles. The average Bonchev–Trinajstić information content (AvgIpc) is 2.98. The van der Waals surface area contributed by atoms with Gasteiger partial charge in [-0.2, -0.15) is 0 Å². The highest BCUT2D eigenvalue weighted by Gasteiger charge is 2.27. The predicted molar refractivity (Wildman–Crippen MR) is 93.7 cm³/mol. The van der Waals surface area contributed by atoms with Crippen molar-refractivity contribution in [1.29, 1.82) is 0 Å². The number of hydrogen-bond acceptors (Lipinski definition) is 5. The largest absolute Gasteiger partial charge is 0.462 e. The first-order chi connectivity index (χ1) is 11.7. The summed E-state index contributed by atoms with van der Waals surface area (Å²) in [4.78, 5) is 30.0. The van der Waals surface area contributed by atoms with Gasteiger partial charge in [-0.25, -0.2) is 4.79 Å². The van der Waals surface area contributed by atoms with Gasteiger partial charge in [-0.15, -0.1) is 11.3 Å². The Bertz CT molecular complexity index is 740. The fourth-order valence-electron chi connectivity index (χ4n) is 2.82. The van der Waals surface area contributed by atoms with E-state index in [1.165, 1.54) is 16.2 Å². The number of esters is 1. The van der Waals surface area contributed by atoms with E-state index in [0.717, 1.165) is 37.7 Å². The lowest BCUT2D eigenvalue weighted by atomic mass is 9.95. The molecular weight excluding hydrogens is 324 g/mol. The van der Waals surface area contributed by atoms with Gasteiger partial charge in [-0.1, -0.05) is 6.92 Å². The molecule has 0 radical (unpaired) electrons. The summed E-state index contributed by atoms with van der Waals surface area (Å²) in [6.07, 6.45) is 7.93. The van der Waals surface area contributed by atoms with Crippen molar-refractivity contribution in [2.24, 2.45) is 0 Å². The number of thiophene rings is 1. The van der Waals surface area contributed by atoms with E-state index >= 15 is 0 Å². The number of fused-ring (bicyclic) bond motifs is 1. The Labute approximate surface area is 145 Å². The van der Waals surface area contributed by atoms with Crippen molar-refractivity contribution >= 4 is 28.2 Å². The van der Waals surface area contributed by atoms with Crippen molar-refractivity contribution in [3.63, 3.8) is 0 Å². The molecule has 1 amide bonds. The Morgan fingerprint density at radius 1 is 1.25 bits per heavy atom. The summed E-state index contributed by atoms with van der Waals surface area (Å²) in [6, 6.07) is 3.30. The van der Waals surface area contributed by atoms with Crippen LogP contribution in [0.2, 0.25) is 0 Å². The maximum Gasteiger partial charge on any atom is 0.341 e. The summed E-state index contributed by atoms with van der Waals surface area (Å²) in [5.41, 5.74) is 2.12. The Morgan fingerprint density at radius 3 is 2.75 bits per heavy atom. The molecule has 24 heavy (non-hydrogen) atoms. The Morgan fingerprint density at radius 2 is 2.00 bits per heavy atom. The van der Waals surface area contributed by atoms with Gasteiger partial charge in [0.15, 0.2) is 0 Å². The first-order valence-electron chi connectivity index (χ1n) is 8.23.